The Morgan fingerprint density at radius 3 is 2.74 bits per heavy atom. The Morgan fingerprint density at radius 2 is 2.16 bits per heavy atom. The van der Waals surface area contributed by atoms with Crippen LogP contribution in [-0.2, 0) is 0 Å². The molecule has 1 atom stereocenters. The Hall–Kier alpha value is -1.22. The molecule has 0 aliphatic carbocycles. The lowest BCUT2D eigenvalue weighted by Crippen LogP contribution is -2.29. The van der Waals surface area contributed by atoms with Gasteiger partial charge in [-0.05, 0) is 30.5 Å². The van der Waals surface area contributed by atoms with Crippen molar-refractivity contribution in [2.75, 3.05) is 6.54 Å². The Labute approximate surface area is 120 Å². The van der Waals surface area contributed by atoms with E-state index < -0.39 is 0 Å². The summed E-state index contributed by atoms with van der Waals surface area (Å²) in [5, 5.41) is 12.4. The van der Waals surface area contributed by atoms with E-state index >= 15 is 0 Å². The highest BCUT2D eigenvalue weighted by Crippen LogP contribution is 2.23. The Bertz CT molecular complexity index is 421. The van der Waals surface area contributed by atoms with Crippen molar-refractivity contribution < 1.29 is 9.90 Å². The van der Waals surface area contributed by atoms with Crippen LogP contribution in [0.3, 0.4) is 0 Å². The topological polar surface area (TPSA) is 49.3 Å². The average molecular weight is 284 g/mol. The number of hydrogen-bond donors (Lipinski definition) is 2. The first kappa shape index (κ1) is 15.8. The summed E-state index contributed by atoms with van der Waals surface area (Å²) in [6.07, 6.45) is 4.58. The van der Waals surface area contributed by atoms with Gasteiger partial charge in [-0.3, -0.25) is 4.79 Å². The van der Waals surface area contributed by atoms with E-state index in [1.54, 1.807) is 6.07 Å². The molecule has 1 unspecified atom stereocenters. The molecule has 1 amide bonds. The summed E-state index contributed by atoms with van der Waals surface area (Å²) in [6, 6.07) is 4.49. The molecule has 0 radical (unpaired) electrons. The third-order valence-corrected chi connectivity index (χ3v) is 3.61. The summed E-state index contributed by atoms with van der Waals surface area (Å²) in [5.74, 6) is 0.376. The van der Waals surface area contributed by atoms with Gasteiger partial charge in [0.1, 0.15) is 5.75 Å². The number of phenols is 1. The molecule has 0 saturated carbocycles. The van der Waals surface area contributed by atoms with Gasteiger partial charge in [0.05, 0.1) is 5.02 Å². The number of carbonyl (C=O) groups is 1. The zero-order chi connectivity index (χ0) is 14.3. The molecule has 106 valence electrons. The van der Waals surface area contributed by atoms with Gasteiger partial charge < -0.3 is 10.4 Å². The van der Waals surface area contributed by atoms with Gasteiger partial charge in [0.2, 0.25) is 0 Å². The molecule has 0 aliphatic rings. The van der Waals surface area contributed by atoms with Crippen molar-refractivity contribution >= 4 is 17.5 Å². The molecule has 0 fully saturated rings. The minimum absolute atomic E-state index is 0.00685. The molecular weight excluding hydrogens is 262 g/mol. The summed E-state index contributed by atoms with van der Waals surface area (Å²) >= 11 is 5.79. The highest BCUT2D eigenvalue weighted by atomic mass is 35.5. The van der Waals surface area contributed by atoms with Gasteiger partial charge in [-0.25, -0.2) is 0 Å². The summed E-state index contributed by atoms with van der Waals surface area (Å²) < 4.78 is 0. The smallest absolute Gasteiger partial charge is 0.251 e. The number of phenolic OH excluding ortho intramolecular Hbond substituents is 1. The molecule has 2 N–H and O–H groups in total. The van der Waals surface area contributed by atoms with E-state index in [1.807, 2.05) is 0 Å². The van der Waals surface area contributed by atoms with Crippen LogP contribution in [0.4, 0.5) is 0 Å². The number of unbranched alkanes of at least 4 members (excludes halogenated alkanes) is 1. The van der Waals surface area contributed by atoms with Crippen LogP contribution in [0.15, 0.2) is 18.2 Å². The van der Waals surface area contributed by atoms with E-state index in [0.717, 1.165) is 12.8 Å². The first-order chi connectivity index (χ1) is 9.08. The third kappa shape index (κ3) is 5.11. The second-order valence-corrected chi connectivity index (χ2v) is 5.20. The lowest BCUT2D eigenvalue weighted by atomic mass is 9.99. The van der Waals surface area contributed by atoms with Gasteiger partial charge in [0.15, 0.2) is 0 Å². The average Bonchev–Trinajstić information content (AvgIpc) is 2.41. The maximum atomic E-state index is 12.0. The fraction of sp³-hybridized carbons (Fsp3) is 0.533. The molecule has 0 aliphatic heterocycles. The molecule has 0 heterocycles. The number of carbonyl (C=O) groups excluding carboxylic acids is 1. The Balaban J connectivity index is 2.52. The minimum atomic E-state index is -0.142. The van der Waals surface area contributed by atoms with E-state index in [1.165, 1.54) is 25.0 Å². The van der Waals surface area contributed by atoms with Crippen molar-refractivity contribution in [2.24, 2.45) is 5.92 Å². The highest BCUT2D eigenvalue weighted by molar-refractivity contribution is 6.32. The van der Waals surface area contributed by atoms with Crippen molar-refractivity contribution in [3.8, 4) is 5.75 Å². The molecule has 0 spiro atoms. The fourth-order valence-electron chi connectivity index (χ4n) is 1.93. The van der Waals surface area contributed by atoms with Crippen LogP contribution >= 0.6 is 11.6 Å². The summed E-state index contributed by atoms with van der Waals surface area (Å²) in [5.41, 5.74) is 0.480. The van der Waals surface area contributed by atoms with Crippen LogP contribution in [0.2, 0.25) is 5.02 Å². The third-order valence-electron chi connectivity index (χ3n) is 3.30. The summed E-state index contributed by atoms with van der Waals surface area (Å²) in [6.45, 7) is 5.00. The van der Waals surface area contributed by atoms with Crippen LogP contribution < -0.4 is 5.32 Å². The Morgan fingerprint density at radius 1 is 1.42 bits per heavy atom. The van der Waals surface area contributed by atoms with Crippen LogP contribution in [0.25, 0.3) is 0 Å². The van der Waals surface area contributed by atoms with Gasteiger partial charge in [-0.15, -0.1) is 0 Å². The maximum absolute atomic E-state index is 12.0. The molecule has 19 heavy (non-hydrogen) atoms. The highest BCUT2D eigenvalue weighted by Gasteiger charge is 2.11. The number of amides is 1. The van der Waals surface area contributed by atoms with Gasteiger partial charge in [-0.1, -0.05) is 44.7 Å². The lowest BCUT2D eigenvalue weighted by Gasteiger charge is -2.15. The molecule has 0 aromatic heterocycles. The lowest BCUT2D eigenvalue weighted by molar-refractivity contribution is 0.0946. The number of benzene rings is 1. The largest absolute Gasteiger partial charge is 0.506 e. The molecule has 1 aromatic carbocycles. The number of halogens is 1. The van der Waals surface area contributed by atoms with E-state index in [2.05, 4.69) is 19.2 Å². The molecule has 1 aromatic rings. The van der Waals surface area contributed by atoms with Crippen molar-refractivity contribution in [2.45, 2.75) is 39.5 Å². The predicted octanol–water partition coefficient (Wildman–Crippen LogP) is 3.99. The van der Waals surface area contributed by atoms with E-state index in [4.69, 9.17) is 11.6 Å². The van der Waals surface area contributed by atoms with Crippen LogP contribution in [0.1, 0.15) is 49.9 Å². The zero-order valence-electron chi connectivity index (χ0n) is 11.6. The first-order valence-corrected chi connectivity index (χ1v) is 7.23. The molecule has 1 rings (SSSR count). The van der Waals surface area contributed by atoms with E-state index in [-0.39, 0.29) is 16.7 Å². The van der Waals surface area contributed by atoms with Gasteiger partial charge in [-0.2, -0.15) is 0 Å². The van der Waals surface area contributed by atoms with Crippen LogP contribution in [0.5, 0.6) is 5.75 Å². The van der Waals surface area contributed by atoms with Crippen LogP contribution in [-0.4, -0.2) is 17.6 Å². The number of nitrogens with one attached hydrogen (secondary N) is 1. The van der Waals surface area contributed by atoms with Gasteiger partial charge in [0.25, 0.3) is 5.91 Å². The normalized spacial score (nSPS) is 12.2. The molecule has 0 bridgehead atoms. The maximum Gasteiger partial charge on any atom is 0.251 e. The van der Waals surface area contributed by atoms with Crippen molar-refractivity contribution in [3.05, 3.63) is 28.8 Å². The van der Waals surface area contributed by atoms with E-state index in [9.17, 15) is 9.90 Å². The Kier molecular flexibility index (Phi) is 6.71. The van der Waals surface area contributed by atoms with Gasteiger partial charge in [0, 0.05) is 12.1 Å². The summed E-state index contributed by atoms with van der Waals surface area (Å²) in [4.78, 5) is 12.0. The number of hydrogen-bond acceptors (Lipinski definition) is 2. The predicted molar refractivity (Wildman–Crippen MR) is 78.8 cm³/mol. The minimum Gasteiger partial charge on any atom is -0.506 e. The fourth-order valence-corrected chi connectivity index (χ4v) is 2.11. The molecule has 4 heteroatoms. The molecular formula is C15H22ClNO2. The SMILES string of the molecule is CCCCC(CC)CNC(=O)c1ccc(O)c(Cl)c1. The summed E-state index contributed by atoms with van der Waals surface area (Å²) in [7, 11) is 0. The number of rotatable bonds is 7. The monoisotopic (exact) mass is 283 g/mol. The standard InChI is InChI=1S/C15H22ClNO2/c1-3-5-6-11(4-2)10-17-15(19)12-7-8-14(18)13(16)9-12/h7-9,11,18H,3-6,10H2,1-2H3,(H,17,19). The number of aromatic hydroxyl groups is 1. The van der Waals surface area contributed by atoms with E-state index in [0.29, 0.717) is 18.0 Å². The second-order valence-electron chi connectivity index (χ2n) is 4.79. The molecule has 3 nitrogen and oxygen atoms in total. The van der Waals surface area contributed by atoms with Crippen molar-refractivity contribution in [1.29, 1.82) is 0 Å². The van der Waals surface area contributed by atoms with Crippen LogP contribution in [0, 0.1) is 5.92 Å². The van der Waals surface area contributed by atoms with Crippen molar-refractivity contribution in [3.63, 3.8) is 0 Å². The van der Waals surface area contributed by atoms with Crippen molar-refractivity contribution in [1.82, 2.24) is 5.32 Å². The quantitative estimate of drug-likeness (QED) is 0.795. The first-order valence-electron chi connectivity index (χ1n) is 6.85. The molecule has 0 saturated heterocycles. The zero-order valence-corrected chi connectivity index (χ0v) is 12.3. The van der Waals surface area contributed by atoms with Gasteiger partial charge >= 0.3 is 0 Å². The second kappa shape index (κ2) is 8.05.